The number of hydrogen-bond donors (Lipinski definition) is 1. The number of rotatable bonds is 4. The van der Waals surface area contributed by atoms with Crippen LogP contribution in [0.5, 0.6) is 0 Å². The lowest BCUT2D eigenvalue weighted by atomic mass is 9.82. The molecule has 2 rings (SSSR count). The molecule has 1 heterocycles. The van der Waals surface area contributed by atoms with Gasteiger partial charge in [-0.25, -0.2) is 0 Å². The first-order valence-corrected chi connectivity index (χ1v) is 6.90. The molecule has 1 amide bonds. The van der Waals surface area contributed by atoms with E-state index in [0.717, 1.165) is 45.6 Å². The summed E-state index contributed by atoms with van der Waals surface area (Å²) in [6.07, 6.45) is 5.60. The van der Waals surface area contributed by atoms with Crippen molar-refractivity contribution in [1.82, 2.24) is 9.80 Å². The Morgan fingerprint density at radius 3 is 2.59 bits per heavy atom. The van der Waals surface area contributed by atoms with Gasteiger partial charge in [-0.15, -0.1) is 0 Å². The molecule has 0 aromatic heterocycles. The number of carbonyl (C=O) groups is 1. The zero-order chi connectivity index (χ0) is 12.1. The Kier molecular flexibility index (Phi) is 4.80. The Morgan fingerprint density at radius 2 is 1.94 bits per heavy atom. The molecule has 98 valence electrons. The molecule has 1 saturated carbocycles. The van der Waals surface area contributed by atoms with Gasteiger partial charge in [0, 0.05) is 32.6 Å². The monoisotopic (exact) mass is 240 g/mol. The van der Waals surface area contributed by atoms with Gasteiger partial charge in [0.15, 0.2) is 0 Å². The maximum atomic E-state index is 12.1. The van der Waals surface area contributed by atoms with Gasteiger partial charge >= 0.3 is 0 Å². The van der Waals surface area contributed by atoms with Crippen molar-refractivity contribution in [2.75, 3.05) is 39.3 Å². The minimum Gasteiger partial charge on any atom is -0.395 e. The van der Waals surface area contributed by atoms with E-state index >= 15 is 0 Å². The van der Waals surface area contributed by atoms with Crippen molar-refractivity contribution in [2.24, 2.45) is 5.92 Å². The first-order chi connectivity index (χ1) is 8.29. The number of aliphatic hydroxyl groups is 1. The minimum atomic E-state index is 0.218. The predicted octanol–water partition coefficient (Wildman–Crippen LogP) is 0.703. The second-order valence-corrected chi connectivity index (χ2v) is 5.30. The van der Waals surface area contributed by atoms with Gasteiger partial charge in [0.1, 0.15) is 0 Å². The third kappa shape index (κ3) is 3.68. The smallest absolute Gasteiger partial charge is 0.222 e. The molecule has 4 nitrogen and oxygen atoms in total. The van der Waals surface area contributed by atoms with Crippen LogP contribution in [-0.4, -0.2) is 60.1 Å². The van der Waals surface area contributed by atoms with Gasteiger partial charge < -0.3 is 10.0 Å². The number of hydrogen-bond acceptors (Lipinski definition) is 3. The molecule has 0 radical (unpaired) electrons. The fraction of sp³-hybridized carbons (Fsp3) is 0.923. The third-order valence-corrected chi connectivity index (χ3v) is 4.05. The zero-order valence-electron chi connectivity index (χ0n) is 10.6. The van der Waals surface area contributed by atoms with Gasteiger partial charge in [-0.2, -0.15) is 0 Å². The van der Waals surface area contributed by atoms with Crippen LogP contribution >= 0.6 is 0 Å². The molecule has 0 atom stereocenters. The van der Waals surface area contributed by atoms with Crippen LogP contribution in [0.4, 0.5) is 0 Å². The van der Waals surface area contributed by atoms with Gasteiger partial charge in [0.25, 0.3) is 0 Å². The third-order valence-electron chi connectivity index (χ3n) is 4.05. The van der Waals surface area contributed by atoms with E-state index in [1.165, 1.54) is 19.3 Å². The van der Waals surface area contributed by atoms with E-state index in [9.17, 15) is 4.79 Å². The topological polar surface area (TPSA) is 43.8 Å². The van der Waals surface area contributed by atoms with Crippen molar-refractivity contribution in [2.45, 2.75) is 32.1 Å². The Morgan fingerprint density at radius 1 is 1.12 bits per heavy atom. The number of β-amino-alcohol motifs (C(OH)–C–C–N with tert-alkyl or cyclic N) is 1. The average molecular weight is 240 g/mol. The summed E-state index contributed by atoms with van der Waals surface area (Å²) < 4.78 is 0. The van der Waals surface area contributed by atoms with Crippen LogP contribution in [0.15, 0.2) is 0 Å². The van der Waals surface area contributed by atoms with Crippen molar-refractivity contribution in [1.29, 1.82) is 0 Å². The van der Waals surface area contributed by atoms with Crippen molar-refractivity contribution in [3.05, 3.63) is 0 Å². The molecular formula is C13H24N2O2. The molecule has 1 aliphatic heterocycles. The molecule has 4 heteroatoms. The molecule has 2 aliphatic rings. The molecular weight excluding hydrogens is 216 g/mol. The van der Waals surface area contributed by atoms with Gasteiger partial charge in [0.2, 0.25) is 5.91 Å². The average Bonchev–Trinajstić information content (AvgIpc) is 2.49. The Bertz CT molecular complexity index is 254. The van der Waals surface area contributed by atoms with Crippen molar-refractivity contribution in [3.8, 4) is 0 Å². The highest BCUT2D eigenvalue weighted by atomic mass is 16.3. The number of nitrogens with zero attached hydrogens (tertiary/aromatic N) is 2. The summed E-state index contributed by atoms with van der Waals surface area (Å²) in [4.78, 5) is 16.3. The minimum absolute atomic E-state index is 0.218. The lowest BCUT2D eigenvalue weighted by Crippen LogP contribution is -2.37. The van der Waals surface area contributed by atoms with Crippen molar-refractivity contribution >= 4 is 5.91 Å². The molecule has 17 heavy (non-hydrogen) atoms. The number of amides is 1. The molecule has 1 aliphatic carbocycles. The van der Waals surface area contributed by atoms with E-state index in [2.05, 4.69) is 4.90 Å². The summed E-state index contributed by atoms with van der Waals surface area (Å²) >= 11 is 0. The van der Waals surface area contributed by atoms with Crippen molar-refractivity contribution in [3.63, 3.8) is 0 Å². The van der Waals surface area contributed by atoms with Gasteiger partial charge in [-0.3, -0.25) is 9.69 Å². The fourth-order valence-electron chi connectivity index (χ4n) is 2.66. The molecule has 2 fully saturated rings. The standard InChI is InChI=1S/C13H24N2O2/c16-10-9-14-5-2-6-15(8-7-14)13(17)11-12-3-1-4-12/h12,16H,1-11H2. The first kappa shape index (κ1) is 12.8. The van der Waals surface area contributed by atoms with Crippen molar-refractivity contribution < 1.29 is 9.90 Å². The Balaban J connectivity index is 1.74. The summed E-state index contributed by atoms with van der Waals surface area (Å²) in [5.41, 5.74) is 0. The van der Waals surface area contributed by atoms with E-state index in [1.54, 1.807) is 0 Å². The van der Waals surface area contributed by atoms with Gasteiger partial charge in [-0.1, -0.05) is 6.42 Å². The highest BCUT2D eigenvalue weighted by molar-refractivity contribution is 5.76. The maximum absolute atomic E-state index is 12.1. The van der Waals surface area contributed by atoms with Crippen LogP contribution in [0.25, 0.3) is 0 Å². The van der Waals surface area contributed by atoms with Crippen LogP contribution in [0.3, 0.4) is 0 Å². The lowest BCUT2D eigenvalue weighted by molar-refractivity contribution is -0.132. The highest BCUT2D eigenvalue weighted by Crippen LogP contribution is 2.29. The summed E-state index contributed by atoms with van der Waals surface area (Å²) in [5, 5.41) is 8.92. The number of aliphatic hydroxyl groups excluding tert-OH is 1. The van der Waals surface area contributed by atoms with E-state index in [4.69, 9.17) is 5.11 Å². The summed E-state index contributed by atoms with van der Waals surface area (Å²) in [6, 6.07) is 0. The normalized spacial score (nSPS) is 23.2. The summed E-state index contributed by atoms with van der Waals surface area (Å²) in [5.74, 6) is 1.01. The van der Waals surface area contributed by atoms with E-state index in [1.807, 2.05) is 4.90 Å². The molecule has 0 spiro atoms. The van der Waals surface area contributed by atoms with E-state index in [-0.39, 0.29) is 6.61 Å². The van der Waals surface area contributed by atoms with E-state index < -0.39 is 0 Å². The van der Waals surface area contributed by atoms with Crippen LogP contribution in [0, 0.1) is 5.92 Å². The van der Waals surface area contributed by atoms with Crippen LogP contribution in [0.2, 0.25) is 0 Å². The van der Waals surface area contributed by atoms with Crippen LogP contribution in [-0.2, 0) is 4.79 Å². The maximum Gasteiger partial charge on any atom is 0.222 e. The largest absolute Gasteiger partial charge is 0.395 e. The summed E-state index contributed by atoms with van der Waals surface area (Å²) in [6.45, 7) is 4.62. The molecule has 0 aromatic rings. The van der Waals surface area contributed by atoms with Crippen LogP contribution in [0.1, 0.15) is 32.1 Å². The second-order valence-electron chi connectivity index (χ2n) is 5.30. The second kappa shape index (κ2) is 6.36. The lowest BCUT2D eigenvalue weighted by Gasteiger charge is -2.28. The predicted molar refractivity (Wildman–Crippen MR) is 66.7 cm³/mol. The fourth-order valence-corrected chi connectivity index (χ4v) is 2.66. The Labute approximate surface area is 104 Å². The quantitative estimate of drug-likeness (QED) is 0.787. The first-order valence-electron chi connectivity index (χ1n) is 6.90. The van der Waals surface area contributed by atoms with E-state index in [0.29, 0.717) is 11.8 Å². The SMILES string of the molecule is O=C(CC1CCC1)N1CCCN(CCO)CC1. The molecule has 0 unspecified atom stereocenters. The molecule has 0 bridgehead atoms. The highest BCUT2D eigenvalue weighted by Gasteiger charge is 2.25. The zero-order valence-corrected chi connectivity index (χ0v) is 10.6. The molecule has 1 N–H and O–H groups in total. The molecule has 1 saturated heterocycles. The summed E-state index contributed by atoms with van der Waals surface area (Å²) in [7, 11) is 0. The molecule has 0 aromatic carbocycles. The number of carbonyl (C=O) groups excluding carboxylic acids is 1. The van der Waals surface area contributed by atoms with Crippen LogP contribution < -0.4 is 0 Å². The van der Waals surface area contributed by atoms with Gasteiger partial charge in [0.05, 0.1) is 6.61 Å². The Hall–Kier alpha value is -0.610. The van der Waals surface area contributed by atoms with Gasteiger partial charge in [-0.05, 0) is 31.7 Å².